The van der Waals surface area contributed by atoms with Crippen LogP contribution in [-0.2, 0) is 19.4 Å². The first-order valence-electron chi connectivity index (χ1n) is 6.98. The van der Waals surface area contributed by atoms with E-state index in [1.54, 1.807) is 6.92 Å². The van der Waals surface area contributed by atoms with E-state index in [0.717, 1.165) is 36.9 Å². The average Bonchev–Trinajstić information content (AvgIpc) is 2.42. The highest BCUT2D eigenvalue weighted by molar-refractivity contribution is 5.50. The lowest BCUT2D eigenvalue weighted by Gasteiger charge is -2.27. The van der Waals surface area contributed by atoms with Crippen LogP contribution < -0.4 is 10.6 Å². The maximum Gasteiger partial charge on any atom is 0.405 e. The van der Waals surface area contributed by atoms with Gasteiger partial charge in [-0.2, -0.15) is 13.2 Å². The average molecular weight is 287 g/mol. The molecule has 0 unspecified atom stereocenters. The molecule has 6 heteroatoms. The Balaban J connectivity index is 2.37. The highest BCUT2D eigenvalue weighted by Crippen LogP contribution is 2.28. The van der Waals surface area contributed by atoms with E-state index in [4.69, 9.17) is 5.73 Å². The zero-order chi connectivity index (χ0) is 14.8. The maximum absolute atomic E-state index is 12.7. The van der Waals surface area contributed by atoms with Crippen LogP contribution >= 0.6 is 0 Å². The smallest absolute Gasteiger partial charge is 0.348 e. The maximum atomic E-state index is 12.7. The lowest BCUT2D eigenvalue weighted by Crippen LogP contribution is -2.36. The van der Waals surface area contributed by atoms with Crippen LogP contribution in [0.4, 0.5) is 19.0 Å². The van der Waals surface area contributed by atoms with Gasteiger partial charge in [0.05, 0.1) is 0 Å². The minimum atomic E-state index is -4.24. The molecule has 2 N–H and O–H groups in total. The molecule has 0 aliphatic heterocycles. The quantitative estimate of drug-likeness (QED) is 0.926. The molecule has 0 atom stereocenters. The number of aromatic nitrogens is 1. The van der Waals surface area contributed by atoms with Crippen molar-refractivity contribution in [2.75, 3.05) is 18.0 Å². The SMILES string of the molecule is CCN(CC(F)(F)F)c1nc2c(cc1CN)CCCC2. The molecule has 3 nitrogen and oxygen atoms in total. The van der Waals surface area contributed by atoms with Crippen LogP contribution in [0.15, 0.2) is 6.07 Å². The Morgan fingerprint density at radius 2 is 2.00 bits per heavy atom. The van der Waals surface area contributed by atoms with Gasteiger partial charge in [0.15, 0.2) is 0 Å². The summed E-state index contributed by atoms with van der Waals surface area (Å²) in [5.41, 5.74) is 8.47. The van der Waals surface area contributed by atoms with Crippen molar-refractivity contribution in [3.05, 3.63) is 22.9 Å². The number of alkyl halides is 3. The third kappa shape index (κ3) is 3.42. The lowest BCUT2D eigenvalue weighted by atomic mass is 9.94. The fourth-order valence-corrected chi connectivity index (χ4v) is 2.65. The normalized spacial score (nSPS) is 15.1. The molecule has 1 aliphatic rings. The molecule has 1 aromatic heterocycles. The van der Waals surface area contributed by atoms with Crippen molar-refractivity contribution < 1.29 is 13.2 Å². The third-order valence-corrected chi connectivity index (χ3v) is 3.63. The number of hydrogen-bond acceptors (Lipinski definition) is 3. The van der Waals surface area contributed by atoms with Gasteiger partial charge in [0.1, 0.15) is 12.4 Å². The second kappa shape index (κ2) is 5.99. The third-order valence-electron chi connectivity index (χ3n) is 3.63. The number of anilines is 1. The summed E-state index contributed by atoms with van der Waals surface area (Å²) in [6.45, 7) is 1.19. The summed E-state index contributed by atoms with van der Waals surface area (Å²) in [4.78, 5) is 5.75. The number of rotatable bonds is 4. The molecule has 1 heterocycles. The summed E-state index contributed by atoms with van der Waals surface area (Å²) in [6, 6.07) is 1.94. The zero-order valence-electron chi connectivity index (χ0n) is 11.6. The first kappa shape index (κ1) is 15.1. The highest BCUT2D eigenvalue weighted by Gasteiger charge is 2.32. The Morgan fingerprint density at radius 1 is 1.30 bits per heavy atom. The van der Waals surface area contributed by atoms with Gasteiger partial charge < -0.3 is 10.6 Å². The van der Waals surface area contributed by atoms with Crippen LogP contribution in [0, 0.1) is 0 Å². The molecule has 1 aromatic rings. The fourth-order valence-electron chi connectivity index (χ4n) is 2.65. The van der Waals surface area contributed by atoms with Crippen LogP contribution in [0.25, 0.3) is 0 Å². The van der Waals surface area contributed by atoms with Gasteiger partial charge in [-0.1, -0.05) is 0 Å². The Kier molecular flexibility index (Phi) is 4.52. The van der Waals surface area contributed by atoms with E-state index in [-0.39, 0.29) is 13.1 Å². The van der Waals surface area contributed by atoms with Gasteiger partial charge in [-0.25, -0.2) is 4.98 Å². The molecule has 112 valence electrons. The van der Waals surface area contributed by atoms with Crippen molar-refractivity contribution in [1.29, 1.82) is 0 Å². The minimum absolute atomic E-state index is 0.212. The van der Waals surface area contributed by atoms with Crippen LogP contribution in [0.2, 0.25) is 0 Å². The van der Waals surface area contributed by atoms with Gasteiger partial charge in [-0.05, 0) is 44.2 Å². The van der Waals surface area contributed by atoms with Gasteiger partial charge in [0.25, 0.3) is 0 Å². The van der Waals surface area contributed by atoms with E-state index < -0.39 is 12.7 Å². The number of hydrogen-bond donors (Lipinski definition) is 1. The largest absolute Gasteiger partial charge is 0.405 e. The molecular formula is C14H20F3N3. The molecule has 0 spiro atoms. The predicted molar refractivity (Wildman–Crippen MR) is 72.7 cm³/mol. The topological polar surface area (TPSA) is 42.2 Å². The van der Waals surface area contributed by atoms with Crippen LogP contribution in [0.5, 0.6) is 0 Å². The number of nitrogens with zero attached hydrogens (tertiary/aromatic N) is 2. The molecule has 20 heavy (non-hydrogen) atoms. The van der Waals surface area contributed by atoms with Crippen molar-refractivity contribution >= 4 is 5.82 Å². The molecule has 0 saturated heterocycles. The standard InChI is InChI=1S/C14H20F3N3/c1-2-20(9-14(15,16)17)13-11(8-18)7-10-5-3-4-6-12(10)19-13/h7H,2-6,8-9,18H2,1H3. The number of pyridine rings is 1. The van der Waals surface area contributed by atoms with E-state index in [1.807, 2.05) is 6.07 Å². The molecule has 0 amide bonds. The molecule has 1 aliphatic carbocycles. The van der Waals surface area contributed by atoms with E-state index in [0.29, 0.717) is 11.4 Å². The zero-order valence-corrected chi connectivity index (χ0v) is 11.6. The summed E-state index contributed by atoms with van der Waals surface area (Å²) < 4.78 is 38.0. The van der Waals surface area contributed by atoms with E-state index >= 15 is 0 Å². The summed E-state index contributed by atoms with van der Waals surface area (Å²) in [5, 5.41) is 0. The Hall–Kier alpha value is -1.30. The van der Waals surface area contributed by atoms with Crippen LogP contribution in [0.1, 0.15) is 36.6 Å². The van der Waals surface area contributed by atoms with Gasteiger partial charge in [0.2, 0.25) is 0 Å². The molecule has 0 saturated carbocycles. The van der Waals surface area contributed by atoms with Crippen molar-refractivity contribution in [2.24, 2.45) is 5.73 Å². The monoisotopic (exact) mass is 287 g/mol. The Morgan fingerprint density at radius 3 is 2.60 bits per heavy atom. The van der Waals surface area contributed by atoms with Crippen molar-refractivity contribution in [3.63, 3.8) is 0 Å². The molecular weight excluding hydrogens is 267 g/mol. The molecule has 0 fully saturated rings. The van der Waals surface area contributed by atoms with Crippen LogP contribution in [-0.4, -0.2) is 24.2 Å². The van der Waals surface area contributed by atoms with Gasteiger partial charge in [-0.3, -0.25) is 0 Å². The van der Waals surface area contributed by atoms with Gasteiger partial charge in [-0.15, -0.1) is 0 Å². The van der Waals surface area contributed by atoms with Crippen molar-refractivity contribution in [1.82, 2.24) is 4.98 Å². The Bertz CT molecular complexity index is 471. The van der Waals surface area contributed by atoms with Crippen molar-refractivity contribution in [2.45, 2.75) is 45.3 Å². The van der Waals surface area contributed by atoms with Crippen LogP contribution in [0.3, 0.4) is 0 Å². The summed E-state index contributed by atoms with van der Waals surface area (Å²) in [6.07, 6.45) is -0.290. The number of nitrogens with two attached hydrogens (primary N) is 1. The number of fused-ring (bicyclic) bond motifs is 1. The molecule has 0 bridgehead atoms. The first-order chi connectivity index (χ1) is 9.44. The highest BCUT2D eigenvalue weighted by atomic mass is 19.4. The van der Waals surface area contributed by atoms with Crippen molar-refractivity contribution in [3.8, 4) is 0 Å². The van der Waals surface area contributed by atoms with E-state index in [9.17, 15) is 13.2 Å². The van der Waals surface area contributed by atoms with Gasteiger partial charge >= 0.3 is 6.18 Å². The fraction of sp³-hybridized carbons (Fsp3) is 0.643. The summed E-state index contributed by atoms with van der Waals surface area (Å²) in [5.74, 6) is 0.396. The molecule has 0 aromatic carbocycles. The molecule has 2 rings (SSSR count). The number of halogens is 3. The second-order valence-corrected chi connectivity index (χ2v) is 5.12. The summed E-state index contributed by atoms with van der Waals surface area (Å²) >= 11 is 0. The van der Waals surface area contributed by atoms with E-state index in [1.165, 1.54) is 4.90 Å². The minimum Gasteiger partial charge on any atom is -0.348 e. The number of aryl methyl sites for hydroxylation is 2. The molecule has 0 radical (unpaired) electrons. The predicted octanol–water partition coefficient (Wildman–Crippen LogP) is 2.81. The Labute approximate surface area is 117 Å². The second-order valence-electron chi connectivity index (χ2n) is 5.12. The van der Waals surface area contributed by atoms with Gasteiger partial charge in [0, 0.05) is 24.3 Å². The first-order valence-corrected chi connectivity index (χ1v) is 6.98. The lowest BCUT2D eigenvalue weighted by molar-refractivity contribution is -0.119. The van der Waals surface area contributed by atoms with E-state index in [2.05, 4.69) is 4.98 Å². The summed E-state index contributed by atoms with van der Waals surface area (Å²) in [7, 11) is 0.